The molecule has 2 aromatic heterocycles. The molecular formula is C27H19ClN2. The highest BCUT2D eigenvalue weighted by Gasteiger charge is 2.18. The summed E-state index contributed by atoms with van der Waals surface area (Å²) in [5.74, 6) is 0. The zero-order valence-electron chi connectivity index (χ0n) is 16.3. The van der Waals surface area contributed by atoms with Crippen LogP contribution >= 0.6 is 11.6 Å². The van der Waals surface area contributed by atoms with Crippen molar-refractivity contribution in [2.24, 2.45) is 0 Å². The molecule has 30 heavy (non-hydrogen) atoms. The van der Waals surface area contributed by atoms with E-state index in [1.54, 1.807) is 0 Å². The third-order valence-electron chi connectivity index (χ3n) is 5.86. The van der Waals surface area contributed by atoms with E-state index in [-0.39, 0.29) is 0 Å². The van der Waals surface area contributed by atoms with E-state index in [2.05, 4.69) is 106 Å². The molecule has 6 aromatic rings. The summed E-state index contributed by atoms with van der Waals surface area (Å²) in [5.41, 5.74) is 5.86. The molecule has 6 rings (SSSR count). The number of hydrogen-bond acceptors (Lipinski definition) is 0. The van der Waals surface area contributed by atoms with Crippen LogP contribution in [0.3, 0.4) is 0 Å². The lowest BCUT2D eigenvalue weighted by Crippen LogP contribution is -1.98. The van der Waals surface area contributed by atoms with Gasteiger partial charge in [-0.25, -0.2) is 0 Å². The van der Waals surface area contributed by atoms with Crippen molar-refractivity contribution in [3.05, 3.63) is 114 Å². The van der Waals surface area contributed by atoms with Crippen molar-refractivity contribution in [3.8, 4) is 5.69 Å². The van der Waals surface area contributed by atoms with E-state index in [1.807, 2.05) is 6.07 Å². The number of halogens is 1. The number of rotatable bonds is 3. The van der Waals surface area contributed by atoms with E-state index in [9.17, 15) is 0 Å². The first-order valence-electron chi connectivity index (χ1n) is 10.1. The number of benzene rings is 4. The average molecular weight is 407 g/mol. The molecule has 0 amide bonds. The average Bonchev–Trinajstić information content (AvgIpc) is 3.35. The van der Waals surface area contributed by atoms with Crippen LogP contribution in [0, 0.1) is 0 Å². The topological polar surface area (TPSA) is 9.86 Å². The minimum Gasteiger partial charge on any atom is -0.343 e. The van der Waals surface area contributed by atoms with Gasteiger partial charge in [-0.15, -0.1) is 0 Å². The van der Waals surface area contributed by atoms with Gasteiger partial charge in [-0.05, 0) is 35.9 Å². The molecule has 0 aliphatic carbocycles. The summed E-state index contributed by atoms with van der Waals surface area (Å²) in [5, 5.41) is 4.20. The molecule has 144 valence electrons. The third kappa shape index (κ3) is 2.58. The van der Waals surface area contributed by atoms with Crippen LogP contribution in [0.4, 0.5) is 0 Å². The second-order valence-electron chi connectivity index (χ2n) is 7.63. The number of fused-ring (bicyclic) bond motifs is 4. The largest absolute Gasteiger partial charge is 0.343 e. The molecule has 0 unspecified atom stereocenters. The van der Waals surface area contributed by atoms with Crippen LogP contribution in [-0.2, 0) is 6.54 Å². The molecule has 0 N–H and O–H groups in total. The molecule has 0 atom stereocenters. The minimum atomic E-state index is 0.817. The highest BCUT2D eigenvalue weighted by molar-refractivity contribution is 6.43. The van der Waals surface area contributed by atoms with Crippen LogP contribution in [0.25, 0.3) is 38.4 Å². The van der Waals surface area contributed by atoms with Crippen molar-refractivity contribution in [1.82, 2.24) is 9.13 Å². The summed E-state index contributed by atoms with van der Waals surface area (Å²) >= 11 is 7.04. The maximum absolute atomic E-state index is 7.04. The Hall–Kier alpha value is -3.49. The molecule has 0 aliphatic rings. The van der Waals surface area contributed by atoms with Gasteiger partial charge < -0.3 is 9.13 Å². The van der Waals surface area contributed by atoms with Crippen molar-refractivity contribution < 1.29 is 0 Å². The van der Waals surface area contributed by atoms with Gasteiger partial charge in [0.25, 0.3) is 0 Å². The maximum atomic E-state index is 7.04. The monoisotopic (exact) mass is 406 g/mol. The highest BCUT2D eigenvalue weighted by atomic mass is 35.5. The third-order valence-corrected chi connectivity index (χ3v) is 6.25. The Balaban J connectivity index is 1.69. The fraction of sp³-hybridized carbons (Fsp3) is 0.0370. The number of aromatic nitrogens is 2. The van der Waals surface area contributed by atoms with Crippen molar-refractivity contribution >= 4 is 44.3 Å². The van der Waals surface area contributed by atoms with Gasteiger partial charge in [0.1, 0.15) is 0 Å². The standard InChI is InChI=1S/C27H19ClN2/c28-27-22-15-16-29(18-19-9-3-1-4-10-19)24(22)17-25-26(27)21-13-7-8-14-23(21)30(25)20-11-5-2-6-12-20/h1-17H,18H2. The quantitative estimate of drug-likeness (QED) is 0.289. The number of hydrogen-bond donors (Lipinski definition) is 0. The van der Waals surface area contributed by atoms with Crippen LogP contribution in [0.1, 0.15) is 5.56 Å². The Morgan fingerprint density at radius 1 is 0.633 bits per heavy atom. The van der Waals surface area contributed by atoms with Gasteiger partial charge in [0, 0.05) is 34.6 Å². The van der Waals surface area contributed by atoms with Crippen molar-refractivity contribution in [3.63, 3.8) is 0 Å². The SMILES string of the molecule is Clc1c2ccn(Cc3ccccc3)c2cc2c1c1ccccc1n2-c1ccccc1. The second-order valence-corrected chi connectivity index (χ2v) is 8.01. The molecule has 0 saturated carbocycles. The lowest BCUT2D eigenvalue weighted by atomic mass is 10.1. The normalized spacial score (nSPS) is 11.6. The molecule has 4 aromatic carbocycles. The van der Waals surface area contributed by atoms with Gasteiger partial charge in [-0.1, -0.05) is 78.3 Å². The molecule has 2 nitrogen and oxygen atoms in total. The summed E-state index contributed by atoms with van der Waals surface area (Å²) in [6.45, 7) is 0.817. The Bertz CT molecular complexity index is 1510. The fourth-order valence-corrected chi connectivity index (χ4v) is 4.85. The first-order valence-corrected chi connectivity index (χ1v) is 10.5. The number of para-hydroxylation sites is 2. The van der Waals surface area contributed by atoms with Gasteiger partial charge >= 0.3 is 0 Å². The lowest BCUT2D eigenvalue weighted by Gasteiger charge is -2.10. The molecule has 0 radical (unpaired) electrons. The summed E-state index contributed by atoms with van der Waals surface area (Å²) in [7, 11) is 0. The van der Waals surface area contributed by atoms with Crippen LogP contribution in [0.2, 0.25) is 5.02 Å². The van der Waals surface area contributed by atoms with Gasteiger partial charge in [0.2, 0.25) is 0 Å². The van der Waals surface area contributed by atoms with Crippen molar-refractivity contribution in [2.45, 2.75) is 6.54 Å². The van der Waals surface area contributed by atoms with Crippen molar-refractivity contribution in [2.75, 3.05) is 0 Å². The smallest absolute Gasteiger partial charge is 0.0600 e. The Labute approximate surface area is 179 Å². The molecule has 2 heterocycles. The molecule has 0 bridgehead atoms. The van der Waals surface area contributed by atoms with Crippen LogP contribution in [-0.4, -0.2) is 9.13 Å². The van der Waals surface area contributed by atoms with Crippen molar-refractivity contribution in [1.29, 1.82) is 0 Å². The number of nitrogens with zero attached hydrogens (tertiary/aromatic N) is 2. The summed E-state index contributed by atoms with van der Waals surface area (Å²) < 4.78 is 4.60. The Morgan fingerprint density at radius 2 is 1.33 bits per heavy atom. The van der Waals surface area contributed by atoms with Gasteiger partial charge in [-0.2, -0.15) is 0 Å². The van der Waals surface area contributed by atoms with E-state index in [1.165, 1.54) is 16.5 Å². The Morgan fingerprint density at radius 3 is 2.13 bits per heavy atom. The molecule has 0 fully saturated rings. The van der Waals surface area contributed by atoms with Crippen LogP contribution in [0.5, 0.6) is 0 Å². The summed E-state index contributed by atoms with van der Waals surface area (Å²) in [4.78, 5) is 0. The second kappa shape index (κ2) is 6.79. The van der Waals surface area contributed by atoms with Gasteiger partial charge in [-0.3, -0.25) is 0 Å². The van der Waals surface area contributed by atoms with Gasteiger partial charge in [0.05, 0.1) is 21.6 Å². The first-order chi connectivity index (χ1) is 14.8. The van der Waals surface area contributed by atoms with E-state index in [0.29, 0.717) is 0 Å². The Kier molecular flexibility index (Phi) is 3.93. The van der Waals surface area contributed by atoms with E-state index < -0.39 is 0 Å². The zero-order chi connectivity index (χ0) is 20.1. The first kappa shape index (κ1) is 17.4. The highest BCUT2D eigenvalue weighted by Crippen LogP contribution is 2.40. The molecule has 0 spiro atoms. The van der Waals surface area contributed by atoms with E-state index in [0.717, 1.165) is 39.1 Å². The zero-order valence-corrected chi connectivity index (χ0v) is 17.1. The van der Waals surface area contributed by atoms with E-state index in [4.69, 9.17) is 11.6 Å². The van der Waals surface area contributed by atoms with Crippen LogP contribution < -0.4 is 0 Å². The molecular weight excluding hydrogens is 388 g/mol. The maximum Gasteiger partial charge on any atom is 0.0600 e. The lowest BCUT2D eigenvalue weighted by molar-refractivity contribution is 0.837. The summed E-state index contributed by atoms with van der Waals surface area (Å²) in [6.07, 6.45) is 2.14. The molecule has 3 heteroatoms. The van der Waals surface area contributed by atoms with Gasteiger partial charge in [0.15, 0.2) is 0 Å². The fourth-order valence-electron chi connectivity index (χ4n) is 4.50. The van der Waals surface area contributed by atoms with E-state index >= 15 is 0 Å². The molecule has 0 aliphatic heterocycles. The summed E-state index contributed by atoms with van der Waals surface area (Å²) in [6, 6.07) is 33.9. The predicted octanol–water partition coefficient (Wildman–Crippen LogP) is 7.44. The minimum absolute atomic E-state index is 0.817. The predicted molar refractivity (Wildman–Crippen MR) is 127 cm³/mol. The molecule has 0 saturated heterocycles. The van der Waals surface area contributed by atoms with Crippen LogP contribution in [0.15, 0.2) is 103 Å².